The SMILES string of the molecule is CCC(Oc1cc(F)c(-n2nc3ccc(Cl)cn3c2=O)cc1[N+](=O)[O-])C(=O)O. The van der Waals surface area contributed by atoms with Crippen LogP contribution < -0.4 is 10.4 Å². The van der Waals surface area contributed by atoms with Gasteiger partial charge in [-0.15, -0.1) is 5.10 Å². The third-order valence-corrected chi connectivity index (χ3v) is 4.07. The first-order valence-electron chi connectivity index (χ1n) is 7.87. The number of hydrogen-bond acceptors (Lipinski definition) is 6. The lowest BCUT2D eigenvalue weighted by atomic mass is 10.2. The fourth-order valence-electron chi connectivity index (χ4n) is 2.50. The molecule has 1 atom stereocenters. The van der Waals surface area contributed by atoms with Gasteiger partial charge in [0.2, 0.25) is 5.75 Å². The lowest BCUT2D eigenvalue weighted by molar-refractivity contribution is -0.386. The van der Waals surface area contributed by atoms with Gasteiger partial charge in [-0.05, 0) is 18.6 Å². The Morgan fingerprint density at radius 1 is 1.46 bits per heavy atom. The first-order valence-corrected chi connectivity index (χ1v) is 8.25. The van der Waals surface area contributed by atoms with Crippen molar-refractivity contribution < 1.29 is 24.0 Å². The number of pyridine rings is 1. The Morgan fingerprint density at radius 2 is 2.18 bits per heavy atom. The third-order valence-electron chi connectivity index (χ3n) is 3.85. The molecule has 0 aliphatic carbocycles. The molecule has 0 aliphatic rings. The molecule has 0 spiro atoms. The summed E-state index contributed by atoms with van der Waals surface area (Å²) in [6.45, 7) is 1.50. The van der Waals surface area contributed by atoms with Gasteiger partial charge in [-0.25, -0.2) is 18.4 Å². The zero-order chi connectivity index (χ0) is 20.6. The number of carboxylic acids is 1. The summed E-state index contributed by atoms with van der Waals surface area (Å²) < 4.78 is 21.4. The molecule has 0 saturated heterocycles. The van der Waals surface area contributed by atoms with Crippen molar-refractivity contribution in [3.8, 4) is 11.4 Å². The molecule has 1 aromatic carbocycles. The van der Waals surface area contributed by atoms with E-state index in [1.54, 1.807) is 0 Å². The Kier molecular flexibility index (Phi) is 5.01. The summed E-state index contributed by atoms with van der Waals surface area (Å²) in [4.78, 5) is 34.1. The highest BCUT2D eigenvalue weighted by molar-refractivity contribution is 6.30. The van der Waals surface area contributed by atoms with E-state index in [2.05, 4.69) is 5.10 Å². The van der Waals surface area contributed by atoms with Crippen molar-refractivity contribution in [2.45, 2.75) is 19.4 Å². The number of nitro groups is 1. The summed E-state index contributed by atoms with van der Waals surface area (Å²) in [7, 11) is 0. The molecule has 1 unspecified atom stereocenters. The van der Waals surface area contributed by atoms with E-state index >= 15 is 0 Å². The number of aromatic nitrogens is 3. The molecule has 2 aromatic heterocycles. The number of hydrogen-bond donors (Lipinski definition) is 1. The molecule has 0 amide bonds. The number of fused-ring (bicyclic) bond motifs is 1. The van der Waals surface area contributed by atoms with Gasteiger partial charge in [0.1, 0.15) is 5.69 Å². The maximum atomic E-state index is 14.6. The maximum Gasteiger partial charge on any atom is 0.355 e. The summed E-state index contributed by atoms with van der Waals surface area (Å²) in [6.07, 6.45) is -0.128. The smallest absolute Gasteiger partial charge is 0.355 e. The molecule has 12 heteroatoms. The zero-order valence-electron chi connectivity index (χ0n) is 14.2. The molecule has 3 rings (SSSR count). The Hall–Kier alpha value is -3.47. The maximum absolute atomic E-state index is 14.6. The van der Waals surface area contributed by atoms with Crippen molar-refractivity contribution in [3.63, 3.8) is 0 Å². The second-order valence-electron chi connectivity index (χ2n) is 5.65. The van der Waals surface area contributed by atoms with E-state index < -0.39 is 45.6 Å². The number of carbonyl (C=O) groups is 1. The summed E-state index contributed by atoms with van der Waals surface area (Å²) >= 11 is 5.83. The van der Waals surface area contributed by atoms with Crippen LogP contribution in [-0.4, -0.2) is 36.3 Å². The average Bonchev–Trinajstić information content (AvgIpc) is 2.95. The van der Waals surface area contributed by atoms with Crippen LogP contribution in [0.1, 0.15) is 13.3 Å². The Morgan fingerprint density at radius 3 is 2.79 bits per heavy atom. The predicted molar refractivity (Wildman–Crippen MR) is 94.8 cm³/mol. The second-order valence-corrected chi connectivity index (χ2v) is 6.09. The van der Waals surface area contributed by atoms with Crippen molar-refractivity contribution in [3.05, 3.63) is 61.9 Å². The largest absolute Gasteiger partial charge is 0.479 e. The highest BCUT2D eigenvalue weighted by Crippen LogP contribution is 2.32. The number of halogens is 2. The Bertz CT molecular complexity index is 1160. The van der Waals surface area contributed by atoms with Gasteiger partial charge in [-0.2, -0.15) is 4.68 Å². The molecule has 0 aliphatic heterocycles. The van der Waals surface area contributed by atoms with Crippen molar-refractivity contribution >= 4 is 28.9 Å². The molecule has 146 valence electrons. The minimum absolute atomic E-state index is 0.00249. The van der Waals surface area contributed by atoms with Gasteiger partial charge in [0.05, 0.1) is 9.95 Å². The summed E-state index contributed by atoms with van der Waals surface area (Å²) in [5.41, 5.74) is -1.85. The van der Waals surface area contributed by atoms with Crippen LogP contribution in [0.25, 0.3) is 11.3 Å². The van der Waals surface area contributed by atoms with Gasteiger partial charge < -0.3 is 9.84 Å². The standard InChI is InChI=1S/C16H12ClFN4O6/c1-2-12(15(23)24)28-13-5-9(18)10(6-11(13)22(26)27)21-16(25)20-7-8(17)3-4-14(20)19-21/h3-7,12H,2H2,1H3,(H,23,24). The summed E-state index contributed by atoms with van der Waals surface area (Å²) in [5.74, 6) is -2.98. The molecule has 10 nitrogen and oxygen atoms in total. The van der Waals surface area contributed by atoms with Crippen molar-refractivity contribution in [2.75, 3.05) is 0 Å². The average molecular weight is 411 g/mol. The van der Waals surface area contributed by atoms with Gasteiger partial charge in [-0.3, -0.25) is 10.1 Å². The van der Waals surface area contributed by atoms with Crippen molar-refractivity contribution in [2.24, 2.45) is 0 Å². The van der Waals surface area contributed by atoms with E-state index in [-0.39, 0.29) is 17.1 Å². The van der Waals surface area contributed by atoms with E-state index in [1.807, 2.05) is 0 Å². The van der Waals surface area contributed by atoms with Crippen LogP contribution in [-0.2, 0) is 4.79 Å². The molecule has 2 heterocycles. The minimum atomic E-state index is -1.40. The van der Waals surface area contributed by atoms with Crippen molar-refractivity contribution in [1.82, 2.24) is 14.2 Å². The number of ether oxygens (including phenoxy) is 1. The Labute approximate surface area is 160 Å². The molecule has 0 saturated carbocycles. The number of carboxylic acid groups (broad SMARTS) is 1. The van der Waals surface area contributed by atoms with Gasteiger partial charge in [0.15, 0.2) is 17.6 Å². The fourth-order valence-corrected chi connectivity index (χ4v) is 2.66. The van der Waals surface area contributed by atoms with E-state index in [0.29, 0.717) is 10.7 Å². The van der Waals surface area contributed by atoms with Gasteiger partial charge in [0, 0.05) is 18.3 Å². The van der Waals surface area contributed by atoms with Gasteiger partial charge >= 0.3 is 17.3 Å². The van der Waals surface area contributed by atoms with Gasteiger partial charge in [-0.1, -0.05) is 18.5 Å². The molecule has 3 aromatic rings. The van der Waals surface area contributed by atoms with Crippen LogP contribution >= 0.6 is 11.6 Å². The minimum Gasteiger partial charge on any atom is -0.479 e. The highest BCUT2D eigenvalue weighted by Gasteiger charge is 2.27. The van der Waals surface area contributed by atoms with E-state index in [4.69, 9.17) is 21.4 Å². The van der Waals surface area contributed by atoms with Crippen LogP contribution in [0.15, 0.2) is 35.3 Å². The predicted octanol–water partition coefficient (Wildman–Crippen LogP) is 2.43. The Balaban J connectivity index is 2.17. The van der Waals surface area contributed by atoms with Crippen molar-refractivity contribution in [1.29, 1.82) is 0 Å². The number of nitro benzene ring substituents is 1. The fraction of sp³-hybridized carbons (Fsp3) is 0.188. The number of nitrogens with zero attached hydrogens (tertiary/aromatic N) is 4. The van der Waals surface area contributed by atoms with Gasteiger partial charge in [0.25, 0.3) is 0 Å². The van der Waals surface area contributed by atoms with E-state index in [9.17, 15) is 24.1 Å². The number of benzene rings is 1. The van der Waals surface area contributed by atoms with Crippen LogP contribution in [0.5, 0.6) is 5.75 Å². The van der Waals surface area contributed by atoms with Crippen LogP contribution in [0.3, 0.4) is 0 Å². The monoisotopic (exact) mass is 410 g/mol. The number of aliphatic carboxylic acids is 1. The zero-order valence-corrected chi connectivity index (χ0v) is 15.0. The lowest BCUT2D eigenvalue weighted by Crippen LogP contribution is -2.26. The third kappa shape index (κ3) is 3.39. The van der Waals surface area contributed by atoms with Crippen LogP contribution in [0.2, 0.25) is 5.02 Å². The molecule has 0 fully saturated rings. The first kappa shape index (κ1) is 19.3. The number of rotatable bonds is 6. The topological polar surface area (TPSA) is 129 Å². The molecule has 28 heavy (non-hydrogen) atoms. The van der Waals surface area contributed by atoms with E-state index in [0.717, 1.165) is 10.5 Å². The quantitative estimate of drug-likeness (QED) is 0.488. The lowest BCUT2D eigenvalue weighted by Gasteiger charge is -2.14. The highest BCUT2D eigenvalue weighted by atomic mass is 35.5. The molecule has 1 N–H and O–H groups in total. The summed E-state index contributed by atoms with van der Waals surface area (Å²) in [6, 6.07) is 4.31. The molecule has 0 radical (unpaired) electrons. The first-order chi connectivity index (χ1) is 13.2. The summed E-state index contributed by atoms with van der Waals surface area (Å²) in [5, 5.41) is 24.6. The molecule has 0 bridgehead atoms. The molecular weight excluding hydrogens is 399 g/mol. The van der Waals surface area contributed by atoms with E-state index in [1.165, 1.54) is 25.3 Å². The van der Waals surface area contributed by atoms with Crippen LogP contribution in [0.4, 0.5) is 10.1 Å². The second kappa shape index (κ2) is 7.27. The normalized spacial score (nSPS) is 12.1. The molecular formula is C16H12ClFN4O6. The van der Waals surface area contributed by atoms with Crippen LogP contribution in [0, 0.1) is 15.9 Å².